The van der Waals surface area contributed by atoms with Gasteiger partial charge in [-0.15, -0.1) is 11.3 Å². The lowest BCUT2D eigenvalue weighted by Gasteiger charge is -2.09. The molecule has 3 nitrogen and oxygen atoms in total. The molecule has 2 aromatic rings. The van der Waals surface area contributed by atoms with Crippen molar-refractivity contribution in [3.63, 3.8) is 0 Å². The first-order valence-electron chi connectivity index (χ1n) is 4.24. The molecule has 0 spiro atoms. The van der Waals surface area contributed by atoms with Crippen molar-refractivity contribution in [2.24, 2.45) is 0 Å². The van der Waals surface area contributed by atoms with Gasteiger partial charge in [-0.25, -0.2) is 4.98 Å². The fourth-order valence-electron chi connectivity index (χ4n) is 1.09. The molecule has 5 heteroatoms. The van der Waals surface area contributed by atoms with E-state index in [0.717, 1.165) is 4.42 Å². The third kappa shape index (κ3) is 2.16. The lowest BCUT2D eigenvalue weighted by molar-refractivity contribution is 0.101. The molecule has 0 fully saturated rings. The lowest BCUT2D eigenvalue weighted by Crippen LogP contribution is -2.20. The first-order valence-corrected chi connectivity index (χ1v) is 5.45. The van der Waals surface area contributed by atoms with Crippen molar-refractivity contribution in [2.45, 2.75) is 0 Å². The topological polar surface area (TPSA) is 33.2 Å². The first kappa shape index (κ1) is 10.1. The summed E-state index contributed by atoms with van der Waals surface area (Å²) in [5, 5.41) is 2.24. The Morgan fingerprint density at radius 2 is 2.07 bits per heavy atom. The standard InChI is InChI=1S/C10H7ClN2OS/c11-13(10-12-6-7-15-10)9(14)8-4-2-1-3-5-8/h1-7H. The summed E-state index contributed by atoms with van der Waals surface area (Å²) in [6.07, 6.45) is 1.60. The van der Waals surface area contributed by atoms with Crippen LogP contribution in [0.15, 0.2) is 41.9 Å². The van der Waals surface area contributed by atoms with Gasteiger partial charge in [-0.2, -0.15) is 4.42 Å². The number of benzene rings is 1. The summed E-state index contributed by atoms with van der Waals surface area (Å²) in [5.74, 6) is -0.271. The molecule has 76 valence electrons. The molecule has 0 saturated carbocycles. The van der Waals surface area contributed by atoms with E-state index >= 15 is 0 Å². The fraction of sp³-hybridized carbons (Fsp3) is 0. The molecule has 0 saturated heterocycles. The molecule has 1 heterocycles. The normalized spacial score (nSPS) is 9.93. The molecular formula is C10H7ClN2OS. The molecule has 0 aliphatic rings. The highest BCUT2D eigenvalue weighted by Gasteiger charge is 2.16. The van der Waals surface area contributed by atoms with Gasteiger partial charge >= 0.3 is 0 Å². The maximum absolute atomic E-state index is 11.8. The predicted octanol–water partition coefficient (Wildman–Crippen LogP) is 2.94. The second-order valence-electron chi connectivity index (χ2n) is 2.77. The van der Waals surface area contributed by atoms with Crippen molar-refractivity contribution in [3.8, 4) is 0 Å². The number of hydrogen-bond donors (Lipinski definition) is 0. The largest absolute Gasteiger partial charge is 0.274 e. The maximum atomic E-state index is 11.8. The molecule has 0 atom stereocenters. The van der Waals surface area contributed by atoms with Gasteiger partial charge in [-0.3, -0.25) is 4.79 Å². The number of anilines is 1. The Kier molecular flexibility index (Phi) is 2.99. The van der Waals surface area contributed by atoms with Crippen molar-refractivity contribution in [1.29, 1.82) is 0 Å². The maximum Gasteiger partial charge on any atom is 0.274 e. The smallest absolute Gasteiger partial charge is 0.267 e. The van der Waals surface area contributed by atoms with E-state index in [1.807, 2.05) is 6.07 Å². The zero-order valence-corrected chi connectivity index (χ0v) is 9.20. The van der Waals surface area contributed by atoms with Crippen LogP contribution in [0.3, 0.4) is 0 Å². The number of thiazole rings is 1. The molecule has 15 heavy (non-hydrogen) atoms. The third-order valence-electron chi connectivity index (χ3n) is 1.79. The summed E-state index contributed by atoms with van der Waals surface area (Å²) in [6, 6.07) is 8.86. The average molecular weight is 239 g/mol. The highest BCUT2D eigenvalue weighted by molar-refractivity contribution is 7.14. The average Bonchev–Trinajstić information content (AvgIpc) is 2.82. The summed E-state index contributed by atoms with van der Waals surface area (Å²) in [6.45, 7) is 0. The molecule has 2 rings (SSSR count). The number of nitrogens with zero attached hydrogens (tertiary/aromatic N) is 2. The number of halogens is 1. The summed E-state index contributed by atoms with van der Waals surface area (Å²) in [5.41, 5.74) is 0.544. The van der Waals surface area contributed by atoms with E-state index in [1.165, 1.54) is 11.3 Å². The second-order valence-corrected chi connectivity index (χ2v) is 3.98. The molecule has 1 amide bonds. The van der Waals surface area contributed by atoms with Crippen molar-refractivity contribution in [2.75, 3.05) is 4.42 Å². The van der Waals surface area contributed by atoms with Gasteiger partial charge in [-0.1, -0.05) is 18.2 Å². The van der Waals surface area contributed by atoms with E-state index in [2.05, 4.69) is 4.98 Å². The number of carbonyl (C=O) groups excluding carboxylic acids is 1. The number of hydrogen-bond acceptors (Lipinski definition) is 3. The van der Waals surface area contributed by atoms with E-state index in [9.17, 15) is 4.79 Å². The fourth-order valence-corrected chi connectivity index (χ4v) is 1.90. The van der Waals surface area contributed by atoms with Gasteiger partial charge in [0.2, 0.25) is 5.13 Å². The highest BCUT2D eigenvalue weighted by atomic mass is 35.5. The van der Waals surface area contributed by atoms with Crippen molar-refractivity contribution in [1.82, 2.24) is 4.98 Å². The number of aromatic nitrogens is 1. The van der Waals surface area contributed by atoms with Crippen molar-refractivity contribution >= 4 is 34.2 Å². The minimum atomic E-state index is -0.271. The van der Waals surface area contributed by atoms with Crippen LogP contribution in [0, 0.1) is 0 Å². The number of rotatable bonds is 2. The molecule has 0 unspecified atom stereocenters. The summed E-state index contributed by atoms with van der Waals surface area (Å²) in [7, 11) is 0. The van der Waals surface area contributed by atoms with Crippen molar-refractivity contribution in [3.05, 3.63) is 47.5 Å². The monoisotopic (exact) mass is 238 g/mol. The minimum absolute atomic E-state index is 0.271. The Balaban J connectivity index is 2.23. The summed E-state index contributed by atoms with van der Waals surface area (Å²) in [4.78, 5) is 15.8. The second kappa shape index (κ2) is 4.42. The Morgan fingerprint density at radius 3 is 2.67 bits per heavy atom. The van der Waals surface area contributed by atoms with Gasteiger partial charge in [0, 0.05) is 28.9 Å². The van der Waals surface area contributed by atoms with Crippen LogP contribution in [-0.2, 0) is 0 Å². The van der Waals surface area contributed by atoms with Crippen LogP contribution in [0.4, 0.5) is 5.13 Å². The Bertz CT molecular complexity index is 444. The minimum Gasteiger partial charge on any atom is -0.267 e. The van der Waals surface area contributed by atoms with E-state index in [0.29, 0.717) is 10.7 Å². The van der Waals surface area contributed by atoms with Gasteiger partial charge in [0.1, 0.15) is 0 Å². The highest BCUT2D eigenvalue weighted by Crippen LogP contribution is 2.21. The Labute approximate surface area is 96.0 Å². The van der Waals surface area contributed by atoms with Crippen molar-refractivity contribution < 1.29 is 4.79 Å². The van der Waals surface area contributed by atoms with Gasteiger partial charge < -0.3 is 0 Å². The summed E-state index contributed by atoms with van der Waals surface area (Å²) < 4.78 is 1.03. The Morgan fingerprint density at radius 1 is 1.33 bits per heavy atom. The summed E-state index contributed by atoms with van der Waals surface area (Å²) >= 11 is 7.18. The van der Waals surface area contributed by atoms with E-state index in [1.54, 1.807) is 35.8 Å². The SMILES string of the molecule is O=C(c1ccccc1)N(Cl)c1nccs1. The molecule has 1 aromatic carbocycles. The van der Waals surface area contributed by atoms with Crippen LogP contribution in [0.2, 0.25) is 0 Å². The molecule has 0 bridgehead atoms. The van der Waals surface area contributed by atoms with Crippen LogP contribution < -0.4 is 4.42 Å². The van der Waals surface area contributed by atoms with Crippen LogP contribution in [0.1, 0.15) is 10.4 Å². The van der Waals surface area contributed by atoms with Crippen LogP contribution in [-0.4, -0.2) is 10.9 Å². The van der Waals surface area contributed by atoms with Gasteiger partial charge in [0.15, 0.2) is 0 Å². The number of carbonyl (C=O) groups is 1. The van der Waals surface area contributed by atoms with E-state index in [4.69, 9.17) is 11.8 Å². The zero-order chi connectivity index (χ0) is 10.7. The van der Waals surface area contributed by atoms with E-state index < -0.39 is 0 Å². The number of amides is 1. The molecule has 0 N–H and O–H groups in total. The van der Waals surface area contributed by atoms with Crippen LogP contribution >= 0.6 is 23.1 Å². The molecular weight excluding hydrogens is 232 g/mol. The lowest BCUT2D eigenvalue weighted by atomic mass is 10.2. The van der Waals surface area contributed by atoms with Gasteiger partial charge in [0.25, 0.3) is 5.91 Å². The quantitative estimate of drug-likeness (QED) is 0.754. The molecule has 0 aliphatic carbocycles. The first-order chi connectivity index (χ1) is 7.29. The molecule has 0 aliphatic heterocycles. The molecule has 1 aromatic heterocycles. The van der Waals surface area contributed by atoms with Crippen LogP contribution in [0.25, 0.3) is 0 Å². The van der Waals surface area contributed by atoms with E-state index in [-0.39, 0.29) is 5.91 Å². The predicted molar refractivity (Wildman–Crippen MR) is 61.2 cm³/mol. The van der Waals surface area contributed by atoms with Gasteiger partial charge in [-0.05, 0) is 12.1 Å². The third-order valence-corrected chi connectivity index (χ3v) is 2.96. The Hall–Kier alpha value is -1.39. The molecule has 0 radical (unpaired) electrons. The van der Waals surface area contributed by atoms with Gasteiger partial charge in [0.05, 0.1) is 0 Å². The van der Waals surface area contributed by atoms with Crippen LogP contribution in [0.5, 0.6) is 0 Å². The zero-order valence-electron chi connectivity index (χ0n) is 7.63.